The van der Waals surface area contributed by atoms with Crippen molar-refractivity contribution in [1.29, 1.82) is 0 Å². The van der Waals surface area contributed by atoms with Crippen LogP contribution in [0.5, 0.6) is 0 Å². The van der Waals surface area contributed by atoms with E-state index in [1.165, 1.54) is 22.3 Å². The monoisotopic (exact) mass is 562 g/mol. The zero-order valence-electron chi connectivity index (χ0n) is 23.8. The average molecular weight is 563 g/mol. The number of hydrogen-bond donors (Lipinski definition) is 0. The van der Waals surface area contributed by atoms with Gasteiger partial charge in [0.1, 0.15) is 11.2 Å². The van der Waals surface area contributed by atoms with Gasteiger partial charge < -0.3 is 8.83 Å². The van der Waals surface area contributed by atoms with E-state index in [-0.39, 0.29) is 0 Å². The summed E-state index contributed by atoms with van der Waals surface area (Å²) in [5, 5.41) is 4.30. The maximum atomic E-state index is 6.56. The van der Waals surface area contributed by atoms with Gasteiger partial charge in [-0.25, -0.2) is 0 Å². The Morgan fingerprint density at radius 3 is 1.02 bits per heavy atom. The lowest BCUT2D eigenvalue weighted by Crippen LogP contribution is -1.81. The van der Waals surface area contributed by atoms with Crippen molar-refractivity contribution in [3.63, 3.8) is 0 Å². The third kappa shape index (κ3) is 4.04. The summed E-state index contributed by atoms with van der Waals surface area (Å²) in [6, 6.07) is 55.6. The first-order chi connectivity index (χ1) is 21.8. The molecule has 0 radical (unpaired) electrons. The van der Waals surface area contributed by atoms with Crippen LogP contribution < -0.4 is 0 Å². The maximum Gasteiger partial charge on any atom is 0.178 e. The van der Waals surface area contributed by atoms with E-state index in [4.69, 9.17) is 8.83 Å². The van der Waals surface area contributed by atoms with Gasteiger partial charge in [0.25, 0.3) is 0 Å². The van der Waals surface area contributed by atoms with Crippen molar-refractivity contribution >= 4 is 43.9 Å². The molecule has 0 aliphatic rings. The van der Waals surface area contributed by atoms with Crippen LogP contribution in [0, 0.1) is 0 Å². The van der Waals surface area contributed by atoms with Crippen molar-refractivity contribution in [2.45, 2.75) is 0 Å². The van der Waals surface area contributed by atoms with Crippen LogP contribution in [0.25, 0.3) is 88.4 Å². The Kier molecular flexibility index (Phi) is 5.54. The van der Waals surface area contributed by atoms with E-state index in [1.807, 2.05) is 12.1 Å². The molecule has 206 valence electrons. The van der Waals surface area contributed by atoms with Gasteiger partial charge in [0, 0.05) is 21.5 Å². The molecule has 0 aliphatic heterocycles. The van der Waals surface area contributed by atoms with Crippen molar-refractivity contribution in [2.75, 3.05) is 0 Å². The summed E-state index contributed by atoms with van der Waals surface area (Å²) in [6.45, 7) is 0. The van der Waals surface area contributed by atoms with E-state index in [2.05, 4.69) is 146 Å². The molecule has 0 N–H and O–H groups in total. The zero-order chi connectivity index (χ0) is 29.0. The van der Waals surface area contributed by atoms with Gasteiger partial charge in [-0.3, -0.25) is 0 Å². The molecule has 2 nitrogen and oxygen atoms in total. The Morgan fingerprint density at radius 1 is 0.250 bits per heavy atom. The highest BCUT2D eigenvalue weighted by Crippen LogP contribution is 2.41. The highest BCUT2D eigenvalue weighted by Gasteiger charge is 2.17. The normalized spacial score (nSPS) is 11.6. The summed E-state index contributed by atoms with van der Waals surface area (Å²) in [5.41, 5.74) is 12.7. The van der Waals surface area contributed by atoms with E-state index in [9.17, 15) is 0 Å². The maximum absolute atomic E-state index is 6.56. The number of rotatable bonds is 4. The van der Waals surface area contributed by atoms with Crippen molar-refractivity contribution in [2.24, 2.45) is 0 Å². The van der Waals surface area contributed by atoms with Gasteiger partial charge in [0.2, 0.25) is 0 Å². The van der Waals surface area contributed by atoms with Gasteiger partial charge in [-0.05, 0) is 93.0 Å². The number of hydrogen-bond acceptors (Lipinski definition) is 2. The Morgan fingerprint density at radius 2 is 0.591 bits per heavy atom. The minimum Gasteiger partial charge on any atom is -0.452 e. The van der Waals surface area contributed by atoms with E-state index in [1.54, 1.807) is 0 Å². The largest absolute Gasteiger partial charge is 0.452 e. The first-order valence-corrected chi connectivity index (χ1v) is 14.9. The molecular weight excluding hydrogens is 536 g/mol. The predicted octanol–water partition coefficient (Wildman–Crippen LogP) is 12.2. The highest BCUT2D eigenvalue weighted by atomic mass is 16.4. The third-order valence-electron chi connectivity index (χ3n) is 8.69. The average Bonchev–Trinajstić information content (AvgIpc) is 3.67. The number of furan rings is 2. The van der Waals surface area contributed by atoms with Crippen LogP contribution in [0.3, 0.4) is 0 Å². The van der Waals surface area contributed by atoms with E-state index in [0.29, 0.717) is 0 Å². The minimum absolute atomic E-state index is 0.788. The lowest BCUT2D eigenvalue weighted by Gasteiger charge is -2.06. The van der Waals surface area contributed by atoms with Crippen molar-refractivity contribution in [3.05, 3.63) is 158 Å². The van der Waals surface area contributed by atoms with Crippen LogP contribution in [0.15, 0.2) is 167 Å². The van der Waals surface area contributed by atoms with Gasteiger partial charge in [-0.2, -0.15) is 0 Å². The van der Waals surface area contributed by atoms with Gasteiger partial charge in [-0.15, -0.1) is 0 Å². The van der Waals surface area contributed by atoms with Gasteiger partial charge in [-0.1, -0.05) is 109 Å². The molecule has 2 aromatic heterocycles. The summed E-state index contributed by atoms with van der Waals surface area (Å²) in [4.78, 5) is 0. The molecule has 2 heterocycles. The predicted molar refractivity (Wildman–Crippen MR) is 183 cm³/mol. The molecule has 0 bridgehead atoms. The molecule has 0 saturated carbocycles. The molecule has 9 aromatic rings. The number of fused-ring (bicyclic) bond motifs is 7. The highest BCUT2D eigenvalue weighted by molar-refractivity contribution is 6.19. The summed E-state index contributed by atoms with van der Waals surface area (Å²) < 4.78 is 13.1. The smallest absolute Gasteiger partial charge is 0.178 e. The second kappa shape index (κ2) is 9.86. The van der Waals surface area contributed by atoms with Gasteiger partial charge >= 0.3 is 0 Å². The van der Waals surface area contributed by atoms with Crippen LogP contribution in [0.4, 0.5) is 0 Å². The zero-order valence-corrected chi connectivity index (χ0v) is 23.8. The molecule has 44 heavy (non-hydrogen) atoms. The summed E-state index contributed by atoms with van der Waals surface area (Å²) in [7, 11) is 0. The molecule has 0 aliphatic carbocycles. The fourth-order valence-electron chi connectivity index (χ4n) is 6.44. The number of benzene rings is 7. The fourth-order valence-corrected chi connectivity index (χ4v) is 6.44. The van der Waals surface area contributed by atoms with Crippen LogP contribution in [-0.2, 0) is 0 Å². The van der Waals surface area contributed by atoms with Crippen molar-refractivity contribution < 1.29 is 8.83 Å². The molecule has 2 heteroatoms. The lowest BCUT2D eigenvalue weighted by molar-refractivity contribution is 0.633. The molecule has 0 spiro atoms. The Bertz CT molecular complexity index is 2300. The fraction of sp³-hybridized carbons (Fsp3) is 0. The molecule has 0 unspecified atom stereocenters. The summed E-state index contributed by atoms with van der Waals surface area (Å²) >= 11 is 0. The third-order valence-corrected chi connectivity index (χ3v) is 8.69. The van der Waals surface area contributed by atoms with Crippen LogP contribution >= 0.6 is 0 Å². The van der Waals surface area contributed by atoms with E-state index >= 15 is 0 Å². The summed E-state index contributed by atoms with van der Waals surface area (Å²) in [6.07, 6.45) is 0. The topological polar surface area (TPSA) is 26.3 Å². The molecule has 0 saturated heterocycles. The van der Waals surface area contributed by atoms with E-state index < -0.39 is 0 Å². The summed E-state index contributed by atoms with van der Waals surface area (Å²) in [5.74, 6) is 0. The SMILES string of the molecule is c1ccc(-c2cccc(-c3ccc4c(c3)oc3c4ccc4c5ccc(-c6cccc(-c7ccccc7)c6)cc5oc43)c2)cc1. The molecule has 0 atom stereocenters. The van der Waals surface area contributed by atoms with Crippen LogP contribution in [0.1, 0.15) is 0 Å². The van der Waals surface area contributed by atoms with Gasteiger partial charge in [0.15, 0.2) is 11.2 Å². The lowest BCUT2D eigenvalue weighted by atomic mass is 9.98. The molecule has 7 aromatic carbocycles. The van der Waals surface area contributed by atoms with Crippen molar-refractivity contribution in [1.82, 2.24) is 0 Å². The van der Waals surface area contributed by atoms with E-state index in [0.717, 1.165) is 66.1 Å². The minimum atomic E-state index is 0.788. The molecule has 0 amide bonds. The quantitative estimate of drug-likeness (QED) is 0.213. The van der Waals surface area contributed by atoms with Crippen LogP contribution in [0.2, 0.25) is 0 Å². The second-order valence-electron chi connectivity index (χ2n) is 11.3. The standard InChI is InChI=1S/C42H26O2/c1-3-9-27(10-4-1)29-13-7-15-31(23-29)33-17-19-35-37-21-22-38-36-20-18-34(26-40(36)44-42(38)41(37)43-39(35)25-33)32-16-8-14-30(24-32)28-11-5-2-6-12-28/h1-26H. The van der Waals surface area contributed by atoms with Crippen LogP contribution in [-0.4, -0.2) is 0 Å². The van der Waals surface area contributed by atoms with Gasteiger partial charge in [0.05, 0.1) is 0 Å². The second-order valence-corrected chi connectivity index (χ2v) is 11.3. The Hall–Kier alpha value is -5.86. The molecule has 0 fully saturated rings. The molecular formula is C42H26O2. The molecule has 9 rings (SSSR count). The first-order valence-electron chi connectivity index (χ1n) is 14.9. The Balaban J connectivity index is 1.14. The first kappa shape index (κ1) is 24.7. The van der Waals surface area contributed by atoms with Crippen molar-refractivity contribution in [3.8, 4) is 44.5 Å². The Labute approximate surface area is 254 Å².